The third-order valence-corrected chi connectivity index (χ3v) is 5.24. The lowest BCUT2D eigenvalue weighted by Crippen LogP contribution is -2.43. The van der Waals surface area contributed by atoms with Crippen LogP contribution in [0.25, 0.3) is 5.82 Å². The highest BCUT2D eigenvalue weighted by atomic mass is 15.2. The van der Waals surface area contributed by atoms with Crippen molar-refractivity contribution in [3.05, 3.63) is 78.5 Å². The van der Waals surface area contributed by atoms with Crippen molar-refractivity contribution in [3.63, 3.8) is 0 Å². The molecule has 1 atom stereocenters. The fourth-order valence-electron chi connectivity index (χ4n) is 3.56. The number of hydrogen-bond acceptors (Lipinski definition) is 4. The first-order valence-corrected chi connectivity index (χ1v) is 11.0. The lowest BCUT2D eigenvalue weighted by Gasteiger charge is -2.30. The number of nitrogens with one attached hydrogen (secondary N) is 2. The molecule has 0 amide bonds. The van der Waals surface area contributed by atoms with Crippen molar-refractivity contribution in [3.8, 4) is 5.82 Å². The Morgan fingerprint density at radius 1 is 1.06 bits per heavy atom. The first-order valence-electron chi connectivity index (χ1n) is 11.0. The first kappa shape index (κ1) is 22.5. The number of hydrogen-bond donors (Lipinski definition) is 2. The summed E-state index contributed by atoms with van der Waals surface area (Å²) in [4.78, 5) is 15.8. The van der Waals surface area contributed by atoms with E-state index in [-0.39, 0.29) is 6.04 Å². The molecule has 0 aliphatic carbocycles. The molecule has 0 radical (unpaired) electrons. The third kappa shape index (κ3) is 6.39. The maximum Gasteiger partial charge on any atom is 0.191 e. The summed E-state index contributed by atoms with van der Waals surface area (Å²) in [7, 11) is 0. The predicted molar refractivity (Wildman–Crippen MR) is 126 cm³/mol. The fraction of sp³-hybridized carbons (Fsp3) is 0.375. The molecule has 1 unspecified atom stereocenters. The van der Waals surface area contributed by atoms with Gasteiger partial charge in [-0.2, -0.15) is 0 Å². The Labute approximate surface area is 185 Å². The molecule has 0 aliphatic rings. The van der Waals surface area contributed by atoms with E-state index in [9.17, 15) is 0 Å². The van der Waals surface area contributed by atoms with Crippen LogP contribution in [0, 0.1) is 0 Å². The zero-order valence-corrected chi connectivity index (χ0v) is 18.7. The normalized spacial score (nSPS) is 12.7. The summed E-state index contributed by atoms with van der Waals surface area (Å²) in [6.07, 6.45) is 7.24. The summed E-state index contributed by atoms with van der Waals surface area (Å²) in [6.45, 7) is 10.7. The van der Waals surface area contributed by atoms with Gasteiger partial charge >= 0.3 is 0 Å². The number of nitrogens with zero attached hydrogens (tertiary/aromatic N) is 5. The van der Waals surface area contributed by atoms with E-state index in [0.29, 0.717) is 6.54 Å². The molecule has 1 aromatic carbocycles. The number of rotatable bonds is 10. The molecule has 3 aromatic rings. The largest absolute Gasteiger partial charge is 0.357 e. The molecule has 7 nitrogen and oxygen atoms in total. The van der Waals surface area contributed by atoms with Gasteiger partial charge < -0.3 is 10.6 Å². The number of pyridine rings is 1. The van der Waals surface area contributed by atoms with Crippen LogP contribution in [-0.2, 0) is 6.54 Å². The van der Waals surface area contributed by atoms with E-state index in [1.807, 2.05) is 23.0 Å². The van der Waals surface area contributed by atoms with E-state index in [1.54, 1.807) is 12.5 Å². The van der Waals surface area contributed by atoms with Gasteiger partial charge in [0.25, 0.3) is 0 Å². The number of aliphatic imine (C=N–C) groups is 1. The Balaban J connectivity index is 1.66. The maximum atomic E-state index is 4.77. The molecule has 7 heteroatoms. The minimum Gasteiger partial charge on any atom is -0.357 e. The second kappa shape index (κ2) is 11.9. The molecular weight excluding hydrogens is 386 g/mol. The zero-order chi connectivity index (χ0) is 21.9. The van der Waals surface area contributed by atoms with Gasteiger partial charge in [0.15, 0.2) is 5.96 Å². The molecule has 0 aliphatic heterocycles. The summed E-state index contributed by atoms with van der Waals surface area (Å²) < 4.78 is 1.88. The van der Waals surface area contributed by atoms with Crippen LogP contribution in [0.4, 0.5) is 0 Å². The van der Waals surface area contributed by atoms with Crippen molar-refractivity contribution in [1.82, 2.24) is 30.1 Å². The maximum absolute atomic E-state index is 4.77. The van der Waals surface area contributed by atoms with Crippen molar-refractivity contribution in [1.29, 1.82) is 0 Å². The lowest BCUT2D eigenvalue weighted by molar-refractivity contribution is 0.219. The Hall–Kier alpha value is -3.19. The summed E-state index contributed by atoms with van der Waals surface area (Å²) in [5.74, 6) is 1.66. The summed E-state index contributed by atoms with van der Waals surface area (Å²) in [5, 5.41) is 6.89. The van der Waals surface area contributed by atoms with Gasteiger partial charge in [0.1, 0.15) is 12.1 Å². The van der Waals surface area contributed by atoms with Gasteiger partial charge in [-0.25, -0.2) is 15.0 Å². The Bertz CT molecular complexity index is 901. The fourth-order valence-corrected chi connectivity index (χ4v) is 3.56. The van der Waals surface area contributed by atoms with Crippen LogP contribution in [-0.4, -0.2) is 51.6 Å². The second-order valence-corrected chi connectivity index (χ2v) is 7.22. The Kier molecular flexibility index (Phi) is 8.60. The van der Waals surface area contributed by atoms with Crippen molar-refractivity contribution < 1.29 is 0 Å². The van der Waals surface area contributed by atoms with Gasteiger partial charge in [-0.05, 0) is 37.2 Å². The molecule has 0 saturated heterocycles. The van der Waals surface area contributed by atoms with Crippen molar-refractivity contribution >= 4 is 5.96 Å². The van der Waals surface area contributed by atoms with Crippen LogP contribution in [0.15, 0.2) is 72.4 Å². The van der Waals surface area contributed by atoms with E-state index in [2.05, 4.69) is 82.7 Å². The molecule has 0 spiro atoms. The van der Waals surface area contributed by atoms with Crippen LogP contribution < -0.4 is 10.6 Å². The number of aromatic nitrogens is 3. The topological polar surface area (TPSA) is 70.4 Å². The summed E-state index contributed by atoms with van der Waals surface area (Å²) in [6, 6.07) is 15.0. The van der Waals surface area contributed by atoms with Crippen molar-refractivity contribution in [2.24, 2.45) is 4.99 Å². The molecule has 0 bridgehead atoms. The average molecular weight is 420 g/mol. The molecular formula is C24H33N7. The minimum atomic E-state index is 0.288. The Morgan fingerprint density at radius 3 is 2.48 bits per heavy atom. The monoisotopic (exact) mass is 419 g/mol. The average Bonchev–Trinajstić information content (AvgIpc) is 3.36. The highest BCUT2D eigenvalue weighted by Gasteiger charge is 2.18. The second-order valence-electron chi connectivity index (χ2n) is 7.22. The van der Waals surface area contributed by atoms with Crippen molar-refractivity contribution in [2.45, 2.75) is 33.4 Å². The van der Waals surface area contributed by atoms with E-state index in [0.717, 1.165) is 43.5 Å². The number of guanidine groups is 1. The molecule has 31 heavy (non-hydrogen) atoms. The molecule has 2 N–H and O–H groups in total. The van der Waals surface area contributed by atoms with Crippen LogP contribution in [0.3, 0.4) is 0 Å². The van der Waals surface area contributed by atoms with Gasteiger partial charge in [0.05, 0.1) is 12.6 Å². The lowest BCUT2D eigenvalue weighted by atomic mass is 10.1. The smallest absolute Gasteiger partial charge is 0.191 e. The van der Waals surface area contributed by atoms with Crippen LogP contribution in [0.2, 0.25) is 0 Å². The van der Waals surface area contributed by atoms with E-state index >= 15 is 0 Å². The Morgan fingerprint density at radius 2 is 1.87 bits per heavy atom. The molecule has 2 heterocycles. The van der Waals surface area contributed by atoms with Gasteiger partial charge in [-0.1, -0.05) is 50.2 Å². The molecule has 0 fully saturated rings. The van der Waals surface area contributed by atoms with Crippen molar-refractivity contribution in [2.75, 3.05) is 26.2 Å². The summed E-state index contributed by atoms with van der Waals surface area (Å²) in [5.41, 5.74) is 2.37. The number of benzene rings is 1. The minimum absolute atomic E-state index is 0.288. The van der Waals surface area contributed by atoms with Gasteiger partial charge in [-0.15, -0.1) is 0 Å². The first-order chi connectivity index (χ1) is 15.2. The quantitative estimate of drug-likeness (QED) is 0.389. The third-order valence-electron chi connectivity index (χ3n) is 5.24. The highest BCUT2D eigenvalue weighted by molar-refractivity contribution is 5.79. The summed E-state index contributed by atoms with van der Waals surface area (Å²) >= 11 is 0. The number of likely N-dealkylation sites (N-methyl/N-ethyl adjacent to an activating group) is 1. The van der Waals surface area contributed by atoms with E-state index < -0.39 is 0 Å². The van der Waals surface area contributed by atoms with Gasteiger partial charge in [0.2, 0.25) is 0 Å². The van der Waals surface area contributed by atoms with E-state index in [1.165, 1.54) is 5.56 Å². The molecule has 0 saturated carbocycles. The van der Waals surface area contributed by atoms with Crippen LogP contribution in [0.1, 0.15) is 37.9 Å². The number of imidazole rings is 1. The van der Waals surface area contributed by atoms with Crippen LogP contribution >= 0.6 is 0 Å². The standard InChI is InChI=1S/C24H33N7/c1-4-26-24(28-17-20-12-13-23(27-16-20)31-15-14-25-19-31)29-18-22(30(5-2)6-3)21-10-8-7-9-11-21/h7-16,19,22H,4-6,17-18H2,1-3H3,(H2,26,28,29). The predicted octanol–water partition coefficient (Wildman–Crippen LogP) is 3.41. The SMILES string of the molecule is CCNC(=NCc1ccc(-n2ccnc2)nc1)NCC(c1ccccc1)N(CC)CC. The molecule has 3 rings (SSSR count). The van der Waals surface area contributed by atoms with E-state index in [4.69, 9.17) is 4.99 Å². The highest BCUT2D eigenvalue weighted by Crippen LogP contribution is 2.19. The molecule has 164 valence electrons. The molecule has 2 aromatic heterocycles. The van der Waals surface area contributed by atoms with Gasteiger partial charge in [-0.3, -0.25) is 9.47 Å². The van der Waals surface area contributed by atoms with Crippen LogP contribution in [0.5, 0.6) is 0 Å². The van der Waals surface area contributed by atoms with Gasteiger partial charge in [0, 0.05) is 31.7 Å². The zero-order valence-electron chi connectivity index (χ0n) is 18.7.